The van der Waals surface area contributed by atoms with Crippen molar-refractivity contribution in [3.8, 4) is 0 Å². The molecule has 1 aromatic heterocycles. The van der Waals surface area contributed by atoms with Crippen LogP contribution in [0.15, 0.2) is 47.3 Å². The van der Waals surface area contributed by atoms with E-state index in [0.29, 0.717) is 24.7 Å². The minimum atomic E-state index is 0.0151. The van der Waals surface area contributed by atoms with Crippen molar-refractivity contribution < 1.29 is 13.9 Å². The monoisotopic (exact) mass is 307 g/mol. The Balaban J connectivity index is 2.05. The van der Waals surface area contributed by atoms with E-state index >= 15 is 0 Å². The standard InChI is InChI=1S/C16H18ClNO3/c1-20-9-7-18(11-13-6-8-21-12-13)16(19)10-14-4-2-3-5-15(14)17/h2-6,8,12H,7,9-11H2,1H3. The van der Waals surface area contributed by atoms with E-state index in [1.54, 1.807) is 30.6 Å². The number of nitrogens with zero attached hydrogens (tertiary/aromatic N) is 1. The lowest BCUT2D eigenvalue weighted by Crippen LogP contribution is -2.34. The lowest BCUT2D eigenvalue weighted by molar-refractivity contribution is -0.131. The van der Waals surface area contributed by atoms with Gasteiger partial charge >= 0.3 is 0 Å². The van der Waals surface area contributed by atoms with Gasteiger partial charge in [-0.2, -0.15) is 0 Å². The number of amides is 1. The molecule has 0 aliphatic heterocycles. The van der Waals surface area contributed by atoms with Gasteiger partial charge in [0, 0.05) is 30.8 Å². The van der Waals surface area contributed by atoms with Crippen LogP contribution in [0.5, 0.6) is 0 Å². The Hall–Kier alpha value is -1.78. The van der Waals surface area contributed by atoms with Crippen LogP contribution in [-0.2, 0) is 22.5 Å². The predicted octanol–water partition coefficient (Wildman–Crippen LogP) is 3.15. The molecule has 0 unspecified atom stereocenters. The maximum atomic E-state index is 12.5. The first-order valence-corrected chi connectivity index (χ1v) is 7.09. The molecule has 112 valence electrons. The van der Waals surface area contributed by atoms with E-state index in [4.69, 9.17) is 20.8 Å². The lowest BCUT2D eigenvalue weighted by Gasteiger charge is -2.22. The summed E-state index contributed by atoms with van der Waals surface area (Å²) in [6.45, 7) is 1.53. The Kier molecular flexibility index (Phi) is 5.84. The molecule has 0 aliphatic rings. The summed E-state index contributed by atoms with van der Waals surface area (Å²) in [5, 5.41) is 0.612. The lowest BCUT2D eigenvalue weighted by atomic mass is 10.1. The Morgan fingerprint density at radius 2 is 2.14 bits per heavy atom. The van der Waals surface area contributed by atoms with Crippen molar-refractivity contribution in [3.05, 3.63) is 59.0 Å². The van der Waals surface area contributed by atoms with Gasteiger partial charge in [0.15, 0.2) is 0 Å². The number of methoxy groups -OCH3 is 1. The van der Waals surface area contributed by atoms with E-state index in [0.717, 1.165) is 11.1 Å². The molecule has 21 heavy (non-hydrogen) atoms. The predicted molar refractivity (Wildman–Crippen MR) is 81.2 cm³/mol. The number of benzene rings is 1. The van der Waals surface area contributed by atoms with E-state index in [1.165, 1.54) is 0 Å². The third-order valence-electron chi connectivity index (χ3n) is 3.17. The van der Waals surface area contributed by atoms with Crippen molar-refractivity contribution in [2.75, 3.05) is 20.3 Å². The second-order valence-electron chi connectivity index (χ2n) is 4.71. The summed E-state index contributed by atoms with van der Waals surface area (Å²) in [5.74, 6) is 0.0151. The number of rotatable bonds is 7. The average Bonchev–Trinajstić information content (AvgIpc) is 2.98. The van der Waals surface area contributed by atoms with Crippen LogP contribution < -0.4 is 0 Å². The Morgan fingerprint density at radius 3 is 2.81 bits per heavy atom. The van der Waals surface area contributed by atoms with Crippen LogP contribution in [-0.4, -0.2) is 31.1 Å². The van der Waals surface area contributed by atoms with E-state index in [1.807, 2.05) is 24.3 Å². The summed E-state index contributed by atoms with van der Waals surface area (Å²) in [6.07, 6.45) is 3.52. The average molecular weight is 308 g/mol. The molecule has 2 aromatic rings. The summed E-state index contributed by atoms with van der Waals surface area (Å²) < 4.78 is 10.1. The van der Waals surface area contributed by atoms with Crippen molar-refractivity contribution in [1.82, 2.24) is 4.90 Å². The molecule has 0 radical (unpaired) electrons. The van der Waals surface area contributed by atoms with Gasteiger partial charge in [-0.05, 0) is 17.7 Å². The van der Waals surface area contributed by atoms with Gasteiger partial charge in [-0.15, -0.1) is 0 Å². The molecule has 0 aliphatic carbocycles. The SMILES string of the molecule is COCCN(Cc1ccoc1)C(=O)Cc1ccccc1Cl. The quantitative estimate of drug-likeness (QED) is 0.789. The molecule has 0 saturated carbocycles. The summed E-state index contributed by atoms with van der Waals surface area (Å²) in [4.78, 5) is 14.2. The number of hydrogen-bond donors (Lipinski definition) is 0. The molecule has 1 amide bonds. The first-order valence-electron chi connectivity index (χ1n) is 6.72. The molecule has 0 fully saturated rings. The highest BCUT2D eigenvalue weighted by Crippen LogP contribution is 2.17. The van der Waals surface area contributed by atoms with Crippen molar-refractivity contribution in [3.63, 3.8) is 0 Å². The number of furan rings is 1. The van der Waals surface area contributed by atoms with Crippen LogP contribution in [0.4, 0.5) is 0 Å². The zero-order valence-corrected chi connectivity index (χ0v) is 12.7. The first-order chi connectivity index (χ1) is 10.2. The fourth-order valence-corrected chi connectivity index (χ4v) is 2.22. The summed E-state index contributed by atoms with van der Waals surface area (Å²) in [6, 6.07) is 9.24. The molecule has 0 atom stereocenters. The highest BCUT2D eigenvalue weighted by Gasteiger charge is 2.16. The van der Waals surface area contributed by atoms with E-state index in [-0.39, 0.29) is 12.3 Å². The molecule has 0 N–H and O–H groups in total. The molecule has 1 aromatic carbocycles. The first kappa shape index (κ1) is 15.6. The molecule has 4 nitrogen and oxygen atoms in total. The molecule has 0 saturated heterocycles. The Bertz CT molecular complexity index is 569. The molecule has 0 bridgehead atoms. The van der Waals surface area contributed by atoms with Gasteiger partial charge in [0.05, 0.1) is 25.6 Å². The fourth-order valence-electron chi connectivity index (χ4n) is 2.01. The smallest absolute Gasteiger partial charge is 0.227 e. The molecule has 5 heteroatoms. The summed E-state index contributed by atoms with van der Waals surface area (Å²) >= 11 is 6.11. The fraction of sp³-hybridized carbons (Fsp3) is 0.312. The minimum absolute atomic E-state index is 0.0151. The third kappa shape index (κ3) is 4.62. The van der Waals surface area contributed by atoms with Gasteiger partial charge in [-0.25, -0.2) is 0 Å². The number of carbonyl (C=O) groups is 1. The van der Waals surface area contributed by atoms with Crippen LogP contribution in [0.3, 0.4) is 0 Å². The van der Waals surface area contributed by atoms with Gasteiger partial charge in [0.1, 0.15) is 0 Å². The maximum Gasteiger partial charge on any atom is 0.227 e. The van der Waals surface area contributed by atoms with Crippen molar-refractivity contribution in [2.24, 2.45) is 0 Å². The minimum Gasteiger partial charge on any atom is -0.472 e. The van der Waals surface area contributed by atoms with Crippen LogP contribution in [0.2, 0.25) is 5.02 Å². The van der Waals surface area contributed by atoms with Gasteiger partial charge in [-0.1, -0.05) is 29.8 Å². The Morgan fingerprint density at radius 1 is 1.33 bits per heavy atom. The molecule has 2 rings (SSSR count). The normalized spacial score (nSPS) is 10.6. The van der Waals surface area contributed by atoms with Crippen molar-refractivity contribution in [2.45, 2.75) is 13.0 Å². The number of hydrogen-bond acceptors (Lipinski definition) is 3. The second-order valence-corrected chi connectivity index (χ2v) is 5.12. The molecule has 1 heterocycles. The van der Waals surface area contributed by atoms with Crippen LogP contribution in [0, 0.1) is 0 Å². The maximum absolute atomic E-state index is 12.5. The highest BCUT2D eigenvalue weighted by atomic mass is 35.5. The zero-order chi connectivity index (χ0) is 15.1. The number of carbonyl (C=O) groups excluding carboxylic acids is 1. The molecular formula is C16H18ClNO3. The Labute approximate surface area is 129 Å². The summed E-state index contributed by atoms with van der Waals surface area (Å²) in [7, 11) is 1.62. The van der Waals surface area contributed by atoms with E-state index < -0.39 is 0 Å². The molecular weight excluding hydrogens is 290 g/mol. The number of ether oxygens (including phenoxy) is 1. The van der Waals surface area contributed by atoms with Crippen LogP contribution in [0.25, 0.3) is 0 Å². The van der Waals surface area contributed by atoms with E-state index in [2.05, 4.69) is 0 Å². The van der Waals surface area contributed by atoms with E-state index in [9.17, 15) is 4.79 Å². The highest BCUT2D eigenvalue weighted by molar-refractivity contribution is 6.31. The second kappa shape index (κ2) is 7.86. The van der Waals surface area contributed by atoms with Gasteiger partial charge < -0.3 is 14.1 Å². The van der Waals surface area contributed by atoms with Crippen molar-refractivity contribution in [1.29, 1.82) is 0 Å². The molecule has 0 spiro atoms. The topological polar surface area (TPSA) is 42.7 Å². The third-order valence-corrected chi connectivity index (χ3v) is 3.54. The summed E-state index contributed by atoms with van der Waals surface area (Å²) in [5.41, 5.74) is 1.79. The van der Waals surface area contributed by atoms with Gasteiger partial charge in [0.2, 0.25) is 5.91 Å². The van der Waals surface area contributed by atoms with Gasteiger partial charge in [-0.3, -0.25) is 4.79 Å². The zero-order valence-electron chi connectivity index (χ0n) is 11.9. The van der Waals surface area contributed by atoms with Crippen LogP contribution in [0.1, 0.15) is 11.1 Å². The van der Waals surface area contributed by atoms with Gasteiger partial charge in [0.25, 0.3) is 0 Å². The van der Waals surface area contributed by atoms with Crippen LogP contribution >= 0.6 is 11.6 Å². The number of halogens is 1. The largest absolute Gasteiger partial charge is 0.472 e. The van der Waals surface area contributed by atoms with Crippen molar-refractivity contribution >= 4 is 17.5 Å².